The van der Waals surface area contributed by atoms with E-state index in [9.17, 15) is 4.79 Å². The van der Waals surface area contributed by atoms with E-state index in [1.807, 2.05) is 49.9 Å². The number of nitrogens with one attached hydrogen (secondary N) is 2. The van der Waals surface area contributed by atoms with E-state index in [4.69, 9.17) is 4.74 Å². The number of amides is 1. The smallest absolute Gasteiger partial charge is 0.409 e. The Morgan fingerprint density at radius 2 is 2.17 bits per heavy atom. The van der Waals surface area contributed by atoms with Gasteiger partial charge in [-0.25, -0.2) is 14.8 Å². The topological polar surface area (TPSA) is 88.1 Å². The summed E-state index contributed by atoms with van der Waals surface area (Å²) in [7, 11) is 5.53. The first-order valence-electron chi connectivity index (χ1n) is 9.50. The average Bonchev–Trinajstić information content (AvgIpc) is 3.34. The van der Waals surface area contributed by atoms with E-state index in [2.05, 4.69) is 26.3 Å². The number of anilines is 1. The van der Waals surface area contributed by atoms with E-state index in [-0.39, 0.29) is 12.7 Å². The van der Waals surface area contributed by atoms with E-state index in [1.165, 1.54) is 4.90 Å². The molecule has 150 valence electrons. The Kier molecular flexibility index (Phi) is 4.84. The highest BCUT2D eigenvalue weighted by Gasteiger charge is 2.15. The van der Waals surface area contributed by atoms with Crippen molar-refractivity contribution >= 4 is 34.0 Å². The second kappa shape index (κ2) is 7.46. The lowest BCUT2D eigenvalue weighted by molar-refractivity contribution is 0.106. The van der Waals surface area contributed by atoms with Gasteiger partial charge in [0.1, 0.15) is 17.8 Å². The standard InChI is InChI=1S/C21H24N6O2/c1-5-26(3)21(28)29-11-13-7-6-8-14(9-13)16-10-15-18-17(23-12-27(18)4)20(22-2)25-19(15)24-16/h6-10,12H,5,11H2,1-4H3,(H2,22,24,25). The molecule has 0 saturated heterocycles. The molecule has 8 heteroatoms. The van der Waals surface area contributed by atoms with E-state index in [0.717, 1.165) is 44.7 Å². The summed E-state index contributed by atoms with van der Waals surface area (Å²) in [6, 6.07) is 10.0. The molecule has 1 aromatic carbocycles. The molecule has 0 unspecified atom stereocenters. The number of H-pyrrole nitrogens is 1. The molecule has 0 saturated carbocycles. The van der Waals surface area contributed by atoms with Gasteiger partial charge >= 0.3 is 6.09 Å². The number of nitrogens with zero attached hydrogens (tertiary/aromatic N) is 4. The van der Waals surface area contributed by atoms with E-state index < -0.39 is 0 Å². The Bertz CT molecular complexity index is 1190. The van der Waals surface area contributed by atoms with Gasteiger partial charge < -0.3 is 24.5 Å². The number of hydrogen-bond acceptors (Lipinski definition) is 5. The summed E-state index contributed by atoms with van der Waals surface area (Å²) in [5, 5.41) is 4.12. The summed E-state index contributed by atoms with van der Waals surface area (Å²) in [6.45, 7) is 2.74. The number of aromatic nitrogens is 4. The largest absolute Gasteiger partial charge is 0.445 e. The molecule has 0 aliphatic heterocycles. The maximum absolute atomic E-state index is 11.9. The van der Waals surface area contributed by atoms with Crippen LogP contribution in [0.25, 0.3) is 33.3 Å². The molecule has 0 bridgehead atoms. The molecular weight excluding hydrogens is 368 g/mol. The van der Waals surface area contributed by atoms with Crippen molar-refractivity contribution in [1.82, 2.24) is 24.4 Å². The van der Waals surface area contributed by atoms with Crippen LogP contribution in [0.1, 0.15) is 12.5 Å². The predicted molar refractivity (Wildman–Crippen MR) is 114 cm³/mol. The summed E-state index contributed by atoms with van der Waals surface area (Å²) in [5.74, 6) is 0.738. The number of imidazole rings is 1. The van der Waals surface area contributed by atoms with E-state index in [1.54, 1.807) is 13.4 Å². The zero-order chi connectivity index (χ0) is 20.5. The number of benzene rings is 1. The lowest BCUT2D eigenvalue weighted by atomic mass is 10.1. The molecule has 0 aliphatic carbocycles. The lowest BCUT2D eigenvalue weighted by Crippen LogP contribution is -2.26. The number of rotatable bonds is 5. The van der Waals surface area contributed by atoms with Crippen molar-refractivity contribution in [3.8, 4) is 11.3 Å². The van der Waals surface area contributed by atoms with Crippen LogP contribution >= 0.6 is 0 Å². The zero-order valence-corrected chi connectivity index (χ0v) is 17.0. The maximum Gasteiger partial charge on any atom is 0.409 e. The first-order chi connectivity index (χ1) is 14.0. The molecule has 29 heavy (non-hydrogen) atoms. The number of aromatic amines is 1. The summed E-state index contributed by atoms with van der Waals surface area (Å²) in [4.78, 5) is 26.0. The van der Waals surface area contributed by atoms with Gasteiger partial charge in [-0.15, -0.1) is 0 Å². The minimum Gasteiger partial charge on any atom is -0.445 e. The van der Waals surface area contributed by atoms with Crippen LogP contribution in [-0.2, 0) is 18.4 Å². The highest BCUT2D eigenvalue weighted by Crippen LogP contribution is 2.31. The fourth-order valence-electron chi connectivity index (χ4n) is 3.34. The molecule has 0 atom stereocenters. The highest BCUT2D eigenvalue weighted by atomic mass is 16.6. The van der Waals surface area contributed by atoms with Crippen molar-refractivity contribution in [1.29, 1.82) is 0 Å². The van der Waals surface area contributed by atoms with Gasteiger partial charge in [0, 0.05) is 38.8 Å². The van der Waals surface area contributed by atoms with Crippen molar-refractivity contribution in [3.63, 3.8) is 0 Å². The summed E-state index contributed by atoms with van der Waals surface area (Å²) in [6.07, 6.45) is 1.47. The molecule has 8 nitrogen and oxygen atoms in total. The molecule has 0 radical (unpaired) electrons. The third-order valence-corrected chi connectivity index (χ3v) is 5.06. The van der Waals surface area contributed by atoms with Gasteiger partial charge in [-0.2, -0.15) is 0 Å². The first kappa shape index (κ1) is 18.8. The van der Waals surface area contributed by atoms with Crippen molar-refractivity contribution in [2.75, 3.05) is 26.0 Å². The molecule has 2 N–H and O–H groups in total. The lowest BCUT2D eigenvalue weighted by Gasteiger charge is -2.14. The number of aryl methyl sites for hydroxylation is 1. The Morgan fingerprint density at radius 3 is 2.93 bits per heavy atom. The molecule has 4 aromatic rings. The second-order valence-electron chi connectivity index (χ2n) is 6.98. The Morgan fingerprint density at radius 1 is 1.34 bits per heavy atom. The number of carbonyl (C=O) groups excluding carboxylic acids is 1. The van der Waals surface area contributed by atoms with Gasteiger partial charge in [0.2, 0.25) is 0 Å². The molecule has 3 heterocycles. The molecule has 1 amide bonds. The van der Waals surface area contributed by atoms with Crippen LogP contribution in [0, 0.1) is 0 Å². The maximum atomic E-state index is 11.9. The number of pyridine rings is 1. The van der Waals surface area contributed by atoms with Gasteiger partial charge in [-0.3, -0.25) is 0 Å². The Balaban J connectivity index is 1.69. The Labute approximate surface area is 168 Å². The van der Waals surface area contributed by atoms with Gasteiger partial charge in [0.25, 0.3) is 0 Å². The minimum absolute atomic E-state index is 0.228. The summed E-state index contributed by atoms with van der Waals surface area (Å²) in [5.41, 5.74) is 5.53. The molecule has 0 spiro atoms. The average molecular weight is 392 g/mol. The van der Waals surface area contributed by atoms with Gasteiger partial charge in [0.15, 0.2) is 5.82 Å². The SMILES string of the molecule is CCN(C)C(=O)OCc1cccc(-c2cc3c(nc(NC)c4ncn(C)c43)[nH]2)c1. The second-order valence-corrected chi connectivity index (χ2v) is 6.98. The van der Waals surface area contributed by atoms with Crippen molar-refractivity contribution < 1.29 is 9.53 Å². The van der Waals surface area contributed by atoms with Gasteiger partial charge in [0.05, 0.1) is 11.8 Å². The third-order valence-electron chi connectivity index (χ3n) is 5.06. The molecular formula is C21H24N6O2. The monoisotopic (exact) mass is 392 g/mol. The van der Waals surface area contributed by atoms with Crippen LogP contribution in [0.4, 0.5) is 10.6 Å². The summed E-state index contributed by atoms with van der Waals surface area (Å²) >= 11 is 0. The fourth-order valence-corrected chi connectivity index (χ4v) is 3.34. The number of carbonyl (C=O) groups is 1. The van der Waals surface area contributed by atoms with E-state index >= 15 is 0 Å². The van der Waals surface area contributed by atoms with Gasteiger partial charge in [-0.05, 0) is 30.2 Å². The van der Waals surface area contributed by atoms with Crippen molar-refractivity contribution in [3.05, 3.63) is 42.2 Å². The molecule has 0 aliphatic rings. The molecule has 0 fully saturated rings. The normalized spacial score (nSPS) is 11.2. The molecule has 4 rings (SSSR count). The zero-order valence-electron chi connectivity index (χ0n) is 17.0. The Hall–Kier alpha value is -3.55. The summed E-state index contributed by atoms with van der Waals surface area (Å²) < 4.78 is 7.37. The number of fused-ring (bicyclic) bond motifs is 3. The third kappa shape index (κ3) is 3.37. The van der Waals surface area contributed by atoms with Crippen LogP contribution in [-0.4, -0.2) is 51.2 Å². The van der Waals surface area contributed by atoms with Crippen LogP contribution in [0.3, 0.4) is 0 Å². The van der Waals surface area contributed by atoms with Crippen LogP contribution in [0.2, 0.25) is 0 Å². The minimum atomic E-state index is -0.328. The van der Waals surface area contributed by atoms with Crippen LogP contribution in [0.15, 0.2) is 36.7 Å². The molecule has 3 aromatic heterocycles. The van der Waals surface area contributed by atoms with Crippen LogP contribution in [0.5, 0.6) is 0 Å². The van der Waals surface area contributed by atoms with Crippen molar-refractivity contribution in [2.24, 2.45) is 7.05 Å². The van der Waals surface area contributed by atoms with Crippen molar-refractivity contribution in [2.45, 2.75) is 13.5 Å². The highest BCUT2D eigenvalue weighted by molar-refractivity contribution is 6.07. The van der Waals surface area contributed by atoms with E-state index in [0.29, 0.717) is 6.54 Å². The quantitative estimate of drug-likeness (QED) is 0.540. The predicted octanol–water partition coefficient (Wildman–Crippen LogP) is 3.75. The fraction of sp³-hybridized carbons (Fsp3) is 0.286. The van der Waals surface area contributed by atoms with Crippen LogP contribution < -0.4 is 5.32 Å². The van der Waals surface area contributed by atoms with Gasteiger partial charge in [-0.1, -0.05) is 18.2 Å². The first-order valence-corrected chi connectivity index (χ1v) is 9.50. The number of ether oxygens (including phenoxy) is 1. The number of hydrogen-bond donors (Lipinski definition) is 2.